The Morgan fingerprint density at radius 1 is 1.75 bits per heavy atom. The normalized spacial score (nSPS) is 19.9. The third kappa shape index (κ3) is 2.80. The Morgan fingerprint density at radius 2 is 2.62 bits per heavy atom. The number of methoxy groups -OCH3 is 1. The lowest BCUT2D eigenvalue weighted by atomic mass is 10.2. The van der Waals surface area contributed by atoms with E-state index in [0.29, 0.717) is 12.5 Å². The van der Waals surface area contributed by atoms with Gasteiger partial charge in [-0.15, -0.1) is 11.3 Å². The minimum atomic E-state index is -0.158. The third-order valence-electron chi connectivity index (χ3n) is 2.73. The lowest BCUT2D eigenvalue weighted by Crippen LogP contribution is -2.12. The van der Waals surface area contributed by atoms with Gasteiger partial charge >= 0.3 is 5.97 Å². The number of aryl methyl sites for hydroxylation is 1. The molecule has 1 aromatic rings. The van der Waals surface area contributed by atoms with Gasteiger partial charge in [0.05, 0.1) is 19.6 Å². The number of rotatable bonds is 4. The summed E-state index contributed by atoms with van der Waals surface area (Å²) in [7, 11) is 1.42. The third-order valence-corrected chi connectivity index (χ3v) is 3.90. The quantitative estimate of drug-likeness (QED) is 0.813. The van der Waals surface area contributed by atoms with E-state index in [0.717, 1.165) is 22.9 Å². The zero-order valence-corrected chi connectivity index (χ0v) is 10.2. The lowest BCUT2D eigenvalue weighted by Gasteiger charge is -2.04. The van der Waals surface area contributed by atoms with E-state index in [9.17, 15) is 4.79 Å². The fraction of sp³-hybridized carbons (Fsp3) is 0.636. The van der Waals surface area contributed by atoms with Crippen LogP contribution in [0.15, 0.2) is 6.20 Å². The molecule has 0 aromatic carbocycles. The summed E-state index contributed by atoms with van der Waals surface area (Å²) in [4.78, 5) is 16.6. The van der Waals surface area contributed by atoms with Crippen LogP contribution in [0.4, 0.5) is 0 Å². The highest BCUT2D eigenvalue weighted by molar-refractivity contribution is 7.11. The molecule has 1 aliphatic heterocycles. The minimum Gasteiger partial charge on any atom is -0.469 e. The Bertz CT molecular complexity index is 359. The second kappa shape index (κ2) is 5.41. The Balaban J connectivity index is 1.89. The number of esters is 1. The van der Waals surface area contributed by atoms with Crippen LogP contribution in [-0.2, 0) is 16.0 Å². The van der Waals surface area contributed by atoms with Crippen molar-refractivity contribution >= 4 is 17.3 Å². The molecule has 1 atom stereocenters. The summed E-state index contributed by atoms with van der Waals surface area (Å²) in [5.41, 5.74) is 0. The summed E-state index contributed by atoms with van der Waals surface area (Å²) in [6.07, 6.45) is 5.45. The molecule has 1 aliphatic rings. The maximum Gasteiger partial charge on any atom is 0.305 e. The van der Waals surface area contributed by atoms with Crippen molar-refractivity contribution in [2.45, 2.75) is 31.7 Å². The molecule has 0 saturated carbocycles. The SMILES string of the molecule is COC(=O)CCc1cnc(C2CCCN2)s1. The van der Waals surface area contributed by atoms with E-state index in [2.05, 4.69) is 15.0 Å². The van der Waals surface area contributed by atoms with Crippen LogP contribution in [0, 0.1) is 0 Å². The number of hydrogen-bond donors (Lipinski definition) is 1. The van der Waals surface area contributed by atoms with Crippen LogP contribution in [0.1, 0.15) is 35.2 Å². The van der Waals surface area contributed by atoms with Gasteiger partial charge in [-0.25, -0.2) is 4.98 Å². The number of hydrogen-bond acceptors (Lipinski definition) is 5. The van der Waals surface area contributed by atoms with Crippen LogP contribution in [-0.4, -0.2) is 24.6 Å². The molecule has 5 heteroatoms. The van der Waals surface area contributed by atoms with Crippen LogP contribution in [0.3, 0.4) is 0 Å². The predicted molar refractivity (Wildman–Crippen MR) is 62.4 cm³/mol. The molecule has 1 aromatic heterocycles. The summed E-state index contributed by atoms with van der Waals surface area (Å²) in [6, 6.07) is 0.428. The van der Waals surface area contributed by atoms with Gasteiger partial charge in [-0.3, -0.25) is 4.79 Å². The van der Waals surface area contributed by atoms with E-state index in [-0.39, 0.29) is 5.97 Å². The van der Waals surface area contributed by atoms with E-state index >= 15 is 0 Å². The first-order chi connectivity index (χ1) is 7.79. The Labute approximate surface area is 99.0 Å². The maximum atomic E-state index is 11.0. The first-order valence-corrected chi connectivity index (χ1v) is 6.36. The number of thiazole rings is 1. The van der Waals surface area contributed by atoms with Gasteiger partial charge in [0.1, 0.15) is 5.01 Å². The van der Waals surface area contributed by atoms with Crippen LogP contribution < -0.4 is 5.32 Å². The molecule has 1 saturated heterocycles. The van der Waals surface area contributed by atoms with Gasteiger partial charge in [0.2, 0.25) is 0 Å². The van der Waals surface area contributed by atoms with Crippen molar-refractivity contribution in [2.24, 2.45) is 0 Å². The van der Waals surface area contributed by atoms with Gasteiger partial charge in [-0.1, -0.05) is 0 Å². The highest BCUT2D eigenvalue weighted by Gasteiger charge is 2.19. The molecule has 0 aliphatic carbocycles. The number of nitrogens with one attached hydrogen (secondary N) is 1. The zero-order chi connectivity index (χ0) is 11.4. The fourth-order valence-electron chi connectivity index (χ4n) is 1.82. The first-order valence-electron chi connectivity index (χ1n) is 5.54. The number of nitrogens with zero attached hydrogens (tertiary/aromatic N) is 1. The molecule has 1 fully saturated rings. The van der Waals surface area contributed by atoms with Crippen molar-refractivity contribution in [3.05, 3.63) is 16.1 Å². The van der Waals surface area contributed by atoms with Crippen LogP contribution in [0.25, 0.3) is 0 Å². The highest BCUT2D eigenvalue weighted by atomic mass is 32.1. The molecule has 16 heavy (non-hydrogen) atoms. The Morgan fingerprint density at radius 3 is 3.31 bits per heavy atom. The lowest BCUT2D eigenvalue weighted by molar-refractivity contribution is -0.140. The smallest absolute Gasteiger partial charge is 0.305 e. The number of carbonyl (C=O) groups is 1. The summed E-state index contributed by atoms with van der Waals surface area (Å²) in [5, 5.41) is 4.57. The van der Waals surface area contributed by atoms with Crippen LogP contribution in [0.2, 0.25) is 0 Å². The summed E-state index contributed by atoms with van der Waals surface area (Å²) < 4.78 is 4.61. The van der Waals surface area contributed by atoms with Gasteiger partial charge in [-0.2, -0.15) is 0 Å². The summed E-state index contributed by atoms with van der Waals surface area (Å²) in [5.74, 6) is -0.158. The second-order valence-electron chi connectivity index (χ2n) is 3.89. The van der Waals surface area contributed by atoms with Crippen molar-refractivity contribution < 1.29 is 9.53 Å². The number of ether oxygens (including phenoxy) is 1. The van der Waals surface area contributed by atoms with E-state index < -0.39 is 0 Å². The largest absolute Gasteiger partial charge is 0.469 e. The fourth-order valence-corrected chi connectivity index (χ4v) is 2.85. The molecule has 4 nitrogen and oxygen atoms in total. The van der Waals surface area contributed by atoms with Crippen molar-refractivity contribution in [3.63, 3.8) is 0 Å². The van der Waals surface area contributed by atoms with Gasteiger partial charge in [0.15, 0.2) is 0 Å². The van der Waals surface area contributed by atoms with Crippen molar-refractivity contribution in [3.8, 4) is 0 Å². The molecular weight excluding hydrogens is 224 g/mol. The Kier molecular flexibility index (Phi) is 3.90. The summed E-state index contributed by atoms with van der Waals surface area (Å²) >= 11 is 1.70. The molecular formula is C11H16N2O2S. The van der Waals surface area contributed by atoms with E-state index in [1.807, 2.05) is 6.20 Å². The Hall–Kier alpha value is -0.940. The van der Waals surface area contributed by atoms with Crippen molar-refractivity contribution in [1.82, 2.24) is 10.3 Å². The summed E-state index contributed by atoms with van der Waals surface area (Å²) in [6.45, 7) is 1.09. The highest BCUT2D eigenvalue weighted by Crippen LogP contribution is 2.27. The van der Waals surface area contributed by atoms with Crippen molar-refractivity contribution in [1.29, 1.82) is 0 Å². The van der Waals surface area contributed by atoms with E-state index in [1.54, 1.807) is 11.3 Å². The predicted octanol–water partition coefficient (Wildman–Crippen LogP) is 1.67. The molecule has 0 radical (unpaired) electrons. The number of carbonyl (C=O) groups excluding carboxylic acids is 1. The second-order valence-corrected chi connectivity index (χ2v) is 5.04. The zero-order valence-electron chi connectivity index (χ0n) is 9.36. The van der Waals surface area contributed by atoms with Gasteiger partial charge < -0.3 is 10.1 Å². The topological polar surface area (TPSA) is 51.2 Å². The minimum absolute atomic E-state index is 0.158. The molecule has 1 unspecified atom stereocenters. The monoisotopic (exact) mass is 240 g/mol. The molecule has 1 N–H and O–H groups in total. The standard InChI is InChI=1S/C11H16N2O2S/c1-15-10(14)5-4-8-7-13-11(16-8)9-3-2-6-12-9/h7,9,12H,2-6H2,1H3. The van der Waals surface area contributed by atoms with Crippen LogP contribution in [0.5, 0.6) is 0 Å². The average molecular weight is 240 g/mol. The molecule has 0 amide bonds. The molecule has 2 rings (SSSR count). The van der Waals surface area contributed by atoms with Gasteiger partial charge in [0, 0.05) is 11.1 Å². The maximum absolute atomic E-state index is 11.0. The number of aromatic nitrogens is 1. The molecule has 2 heterocycles. The van der Waals surface area contributed by atoms with Gasteiger partial charge in [0.25, 0.3) is 0 Å². The van der Waals surface area contributed by atoms with Crippen LogP contribution >= 0.6 is 11.3 Å². The van der Waals surface area contributed by atoms with Gasteiger partial charge in [-0.05, 0) is 25.8 Å². The first kappa shape index (κ1) is 11.5. The molecule has 0 bridgehead atoms. The van der Waals surface area contributed by atoms with E-state index in [4.69, 9.17) is 0 Å². The molecule has 88 valence electrons. The van der Waals surface area contributed by atoms with Crippen molar-refractivity contribution in [2.75, 3.05) is 13.7 Å². The van der Waals surface area contributed by atoms with E-state index in [1.165, 1.54) is 20.0 Å². The average Bonchev–Trinajstić information content (AvgIpc) is 2.95. The molecule has 0 spiro atoms.